The smallest absolute Gasteiger partial charge is 0.310 e. The lowest BCUT2D eigenvalue weighted by atomic mass is 10.0. The maximum atomic E-state index is 11.8. The first kappa shape index (κ1) is 13.1. The molecule has 0 atom stereocenters. The fraction of sp³-hybridized carbons (Fsp3) is 0.533. The summed E-state index contributed by atoms with van der Waals surface area (Å²) in [7, 11) is 0. The van der Waals surface area contributed by atoms with Crippen LogP contribution in [0.25, 0.3) is 0 Å². The maximum absolute atomic E-state index is 11.8. The van der Waals surface area contributed by atoms with Crippen molar-refractivity contribution in [3.8, 4) is 0 Å². The molecule has 18 heavy (non-hydrogen) atoms. The summed E-state index contributed by atoms with van der Waals surface area (Å²) in [6.45, 7) is 1.05. The summed E-state index contributed by atoms with van der Waals surface area (Å²) in [5.41, 5.74) is 7.65. The van der Waals surface area contributed by atoms with Gasteiger partial charge < -0.3 is 10.5 Å². The summed E-state index contributed by atoms with van der Waals surface area (Å²) in [5, 5.41) is 0. The summed E-state index contributed by atoms with van der Waals surface area (Å²) in [6.07, 6.45) is 5.29. The van der Waals surface area contributed by atoms with Gasteiger partial charge in [-0.05, 0) is 29.9 Å². The van der Waals surface area contributed by atoms with E-state index in [1.165, 1.54) is 25.7 Å². The molecule has 1 saturated carbocycles. The van der Waals surface area contributed by atoms with Crippen molar-refractivity contribution in [1.29, 1.82) is 0 Å². The van der Waals surface area contributed by atoms with Gasteiger partial charge in [0.25, 0.3) is 0 Å². The normalized spacial score (nSPS) is 15.8. The van der Waals surface area contributed by atoms with Crippen LogP contribution in [0, 0.1) is 5.92 Å². The van der Waals surface area contributed by atoms with E-state index in [1.807, 2.05) is 24.3 Å². The van der Waals surface area contributed by atoms with Crippen LogP contribution in [0.4, 0.5) is 0 Å². The quantitative estimate of drug-likeness (QED) is 0.813. The third-order valence-electron chi connectivity index (χ3n) is 3.63. The Morgan fingerprint density at radius 2 is 1.89 bits per heavy atom. The van der Waals surface area contributed by atoms with Crippen molar-refractivity contribution < 1.29 is 9.53 Å². The summed E-state index contributed by atoms with van der Waals surface area (Å²) >= 11 is 0. The van der Waals surface area contributed by atoms with Crippen molar-refractivity contribution >= 4 is 5.97 Å². The predicted molar refractivity (Wildman–Crippen MR) is 71.0 cm³/mol. The van der Waals surface area contributed by atoms with Crippen LogP contribution in [0.15, 0.2) is 24.3 Å². The van der Waals surface area contributed by atoms with Gasteiger partial charge in [0.15, 0.2) is 0 Å². The molecule has 3 nitrogen and oxygen atoms in total. The lowest BCUT2D eigenvalue weighted by Gasteiger charge is -2.11. The molecule has 2 N–H and O–H groups in total. The van der Waals surface area contributed by atoms with E-state index in [0.29, 0.717) is 25.5 Å². The van der Waals surface area contributed by atoms with Gasteiger partial charge in [-0.1, -0.05) is 37.1 Å². The van der Waals surface area contributed by atoms with Gasteiger partial charge in [-0.3, -0.25) is 4.79 Å². The lowest BCUT2D eigenvalue weighted by molar-refractivity contribution is -0.144. The van der Waals surface area contributed by atoms with Crippen LogP contribution in [-0.4, -0.2) is 12.6 Å². The average Bonchev–Trinajstić information content (AvgIpc) is 2.90. The highest BCUT2D eigenvalue weighted by atomic mass is 16.5. The highest BCUT2D eigenvalue weighted by Crippen LogP contribution is 2.24. The highest BCUT2D eigenvalue weighted by Gasteiger charge is 2.17. The Labute approximate surface area is 108 Å². The second-order valence-electron chi connectivity index (χ2n) is 4.98. The molecular formula is C15H21NO2. The van der Waals surface area contributed by atoms with Crippen molar-refractivity contribution in [2.24, 2.45) is 11.7 Å². The molecule has 0 saturated heterocycles. The molecule has 0 spiro atoms. The fourth-order valence-corrected chi connectivity index (χ4v) is 2.52. The maximum Gasteiger partial charge on any atom is 0.310 e. The molecule has 0 aliphatic heterocycles. The SMILES string of the molecule is NCc1ccccc1CC(=O)OCC1CCCC1. The number of benzene rings is 1. The van der Waals surface area contributed by atoms with E-state index in [-0.39, 0.29) is 5.97 Å². The van der Waals surface area contributed by atoms with Gasteiger partial charge >= 0.3 is 5.97 Å². The van der Waals surface area contributed by atoms with Crippen LogP contribution in [0.2, 0.25) is 0 Å². The van der Waals surface area contributed by atoms with Gasteiger partial charge in [0.1, 0.15) is 0 Å². The molecule has 1 aliphatic rings. The third-order valence-corrected chi connectivity index (χ3v) is 3.63. The van der Waals surface area contributed by atoms with Gasteiger partial charge in [0.2, 0.25) is 0 Å². The molecule has 98 valence electrons. The number of rotatable bonds is 5. The van der Waals surface area contributed by atoms with Crippen molar-refractivity contribution in [3.05, 3.63) is 35.4 Å². The summed E-state index contributed by atoms with van der Waals surface area (Å²) in [6, 6.07) is 7.77. The molecule has 1 aromatic carbocycles. The zero-order chi connectivity index (χ0) is 12.8. The monoisotopic (exact) mass is 247 g/mol. The van der Waals surface area contributed by atoms with Crippen LogP contribution in [0.3, 0.4) is 0 Å². The van der Waals surface area contributed by atoms with Gasteiger partial charge in [-0.25, -0.2) is 0 Å². The third kappa shape index (κ3) is 3.57. The molecular weight excluding hydrogens is 226 g/mol. The Morgan fingerprint density at radius 1 is 1.22 bits per heavy atom. The topological polar surface area (TPSA) is 52.3 Å². The van der Waals surface area contributed by atoms with Crippen molar-refractivity contribution in [2.75, 3.05) is 6.61 Å². The van der Waals surface area contributed by atoms with Gasteiger partial charge in [0, 0.05) is 6.54 Å². The van der Waals surface area contributed by atoms with Crippen molar-refractivity contribution in [2.45, 2.75) is 38.6 Å². The zero-order valence-electron chi connectivity index (χ0n) is 10.7. The van der Waals surface area contributed by atoms with E-state index in [0.717, 1.165) is 11.1 Å². The summed E-state index contributed by atoms with van der Waals surface area (Å²) in [5.74, 6) is 0.446. The lowest BCUT2D eigenvalue weighted by Crippen LogP contribution is -2.15. The Bertz CT molecular complexity index is 397. The molecule has 2 rings (SSSR count). The molecule has 1 aromatic rings. The average molecular weight is 247 g/mol. The second-order valence-corrected chi connectivity index (χ2v) is 4.98. The molecule has 0 bridgehead atoms. The van der Waals surface area contributed by atoms with E-state index in [4.69, 9.17) is 10.5 Å². The van der Waals surface area contributed by atoms with Gasteiger partial charge in [-0.15, -0.1) is 0 Å². The van der Waals surface area contributed by atoms with Crippen LogP contribution >= 0.6 is 0 Å². The molecule has 0 amide bonds. The van der Waals surface area contributed by atoms with E-state index >= 15 is 0 Å². The van der Waals surface area contributed by atoms with Crippen LogP contribution < -0.4 is 5.73 Å². The molecule has 0 aromatic heterocycles. The van der Waals surface area contributed by atoms with Gasteiger partial charge in [0.05, 0.1) is 13.0 Å². The number of carbonyl (C=O) groups excluding carboxylic acids is 1. The van der Waals surface area contributed by atoms with E-state index in [9.17, 15) is 4.79 Å². The zero-order valence-corrected chi connectivity index (χ0v) is 10.7. The second kappa shape index (κ2) is 6.55. The van der Waals surface area contributed by atoms with Gasteiger partial charge in [-0.2, -0.15) is 0 Å². The molecule has 1 fully saturated rings. The Kier molecular flexibility index (Phi) is 4.76. The first-order chi connectivity index (χ1) is 8.79. The summed E-state index contributed by atoms with van der Waals surface area (Å²) < 4.78 is 5.35. The van der Waals surface area contributed by atoms with Crippen molar-refractivity contribution in [1.82, 2.24) is 0 Å². The van der Waals surface area contributed by atoms with E-state index < -0.39 is 0 Å². The number of hydrogen-bond acceptors (Lipinski definition) is 3. The van der Waals surface area contributed by atoms with Crippen LogP contribution in [0.5, 0.6) is 0 Å². The predicted octanol–water partition coefficient (Wildman–Crippen LogP) is 2.42. The fourth-order valence-electron chi connectivity index (χ4n) is 2.52. The first-order valence-corrected chi connectivity index (χ1v) is 6.72. The summed E-state index contributed by atoms with van der Waals surface area (Å²) in [4.78, 5) is 11.8. The Morgan fingerprint density at radius 3 is 2.56 bits per heavy atom. The number of carbonyl (C=O) groups is 1. The molecule has 0 unspecified atom stereocenters. The number of nitrogens with two attached hydrogens (primary N) is 1. The largest absolute Gasteiger partial charge is 0.465 e. The Hall–Kier alpha value is -1.35. The van der Waals surface area contributed by atoms with Crippen molar-refractivity contribution in [3.63, 3.8) is 0 Å². The molecule has 0 heterocycles. The first-order valence-electron chi connectivity index (χ1n) is 6.72. The molecule has 1 aliphatic carbocycles. The number of hydrogen-bond donors (Lipinski definition) is 1. The molecule has 0 radical (unpaired) electrons. The number of esters is 1. The highest BCUT2D eigenvalue weighted by molar-refractivity contribution is 5.73. The molecule has 3 heteroatoms. The van der Waals surface area contributed by atoms with Crippen LogP contribution in [0.1, 0.15) is 36.8 Å². The van der Waals surface area contributed by atoms with E-state index in [2.05, 4.69) is 0 Å². The number of ether oxygens (including phenoxy) is 1. The minimum atomic E-state index is -0.136. The standard InChI is InChI=1S/C15H21NO2/c16-10-14-8-4-3-7-13(14)9-15(17)18-11-12-5-1-2-6-12/h3-4,7-8,12H,1-2,5-6,9-11,16H2. The Balaban J connectivity index is 1.82. The van der Waals surface area contributed by atoms with Crippen LogP contribution in [-0.2, 0) is 22.5 Å². The minimum absolute atomic E-state index is 0.136. The minimum Gasteiger partial charge on any atom is -0.465 e. The van der Waals surface area contributed by atoms with E-state index in [1.54, 1.807) is 0 Å².